The van der Waals surface area contributed by atoms with Crippen LogP contribution in [0, 0.1) is 0 Å². The van der Waals surface area contributed by atoms with Crippen LogP contribution in [0.1, 0.15) is 239 Å². The Bertz CT molecular complexity index is 1060. The van der Waals surface area contributed by atoms with Gasteiger partial charge in [-0.3, -0.25) is 9.59 Å². The van der Waals surface area contributed by atoms with E-state index in [4.69, 9.17) is 4.74 Å². The number of aliphatic hydroxyl groups excluding tert-OH is 2. The van der Waals surface area contributed by atoms with Crippen molar-refractivity contribution >= 4 is 11.9 Å². The Hall–Kier alpha value is -2.44. The molecule has 0 rings (SSSR count). The summed E-state index contributed by atoms with van der Waals surface area (Å²) in [5.41, 5.74) is 0. The molecule has 6 nitrogen and oxygen atoms in total. The van der Waals surface area contributed by atoms with E-state index in [-0.39, 0.29) is 24.9 Å². The quantitative estimate of drug-likeness (QED) is 0.0323. The fourth-order valence-corrected chi connectivity index (χ4v) is 7.34. The number of aliphatic hydroxyl groups is 2. The maximum absolute atomic E-state index is 13.2. The molecule has 0 saturated heterocycles. The number of esters is 1. The highest BCUT2D eigenvalue weighted by atomic mass is 16.5. The van der Waals surface area contributed by atoms with Gasteiger partial charge in [0.1, 0.15) is 6.10 Å². The average Bonchev–Trinajstić information content (AvgIpc) is 3.23. The first-order valence-corrected chi connectivity index (χ1v) is 25.0. The Morgan fingerprint density at radius 3 is 1.29 bits per heavy atom. The topological polar surface area (TPSA) is 95.9 Å². The first kappa shape index (κ1) is 56.6. The maximum Gasteiger partial charge on any atom is 0.306 e. The van der Waals surface area contributed by atoms with Gasteiger partial charge in [0, 0.05) is 12.8 Å². The Labute approximate surface area is 365 Å². The normalized spacial score (nSPS) is 13.8. The van der Waals surface area contributed by atoms with Crippen molar-refractivity contribution < 1.29 is 24.5 Å². The van der Waals surface area contributed by atoms with Gasteiger partial charge in [0.15, 0.2) is 0 Å². The summed E-state index contributed by atoms with van der Waals surface area (Å²) >= 11 is 0. The molecule has 3 N–H and O–H groups in total. The molecular formula is C53H95NO5. The molecule has 0 aliphatic rings. The summed E-state index contributed by atoms with van der Waals surface area (Å²) in [5.74, 6) is -0.578. The monoisotopic (exact) mass is 826 g/mol. The highest BCUT2D eigenvalue weighted by Crippen LogP contribution is 2.16. The van der Waals surface area contributed by atoms with Gasteiger partial charge in [-0.2, -0.15) is 0 Å². The molecule has 6 heteroatoms. The minimum absolute atomic E-state index is 0.000259. The average molecular weight is 826 g/mol. The zero-order valence-electron chi connectivity index (χ0n) is 38.9. The molecule has 0 saturated carbocycles. The Balaban J connectivity index is 4.67. The van der Waals surface area contributed by atoms with Crippen molar-refractivity contribution in [1.29, 1.82) is 0 Å². The summed E-state index contributed by atoms with van der Waals surface area (Å²) in [6.07, 6.45) is 57.3. The van der Waals surface area contributed by atoms with Crippen molar-refractivity contribution in [3.8, 4) is 0 Å². The molecule has 0 aliphatic heterocycles. The number of unbranched alkanes of at least 4 members (excludes halogenated alkanes) is 23. The van der Waals surface area contributed by atoms with Gasteiger partial charge in [0.25, 0.3) is 0 Å². The van der Waals surface area contributed by atoms with Crippen molar-refractivity contribution in [2.45, 2.75) is 257 Å². The molecule has 0 aromatic carbocycles. The Morgan fingerprint density at radius 1 is 0.508 bits per heavy atom. The number of nitrogens with one attached hydrogen (secondary N) is 1. The fourth-order valence-electron chi connectivity index (χ4n) is 7.34. The van der Waals surface area contributed by atoms with Crippen molar-refractivity contribution in [1.82, 2.24) is 5.32 Å². The lowest BCUT2D eigenvalue weighted by Crippen LogP contribution is -2.46. The van der Waals surface area contributed by atoms with Crippen LogP contribution in [0.2, 0.25) is 0 Å². The molecule has 1 amide bonds. The number of hydrogen-bond acceptors (Lipinski definition) is 5. The molecule has 3 atom stereocenters. The van der Waals surface area contributed by atoms with E-state index in [0.717, 1.165) is 70.6 Å². The molecule has 0 aromatic rings. The second-order valence-electron chi connectivity index (χ2n) is 16.9. The van der Waals surface area contributed by atoms with Gasteiger partial charge < -0.3 is 20.3 Å². The van der Waals surface area contributed by atoms with Crippen LogP contribution in [0.4, 0.5) is 0 Å². The predicted molar refractivity (Wildman–Crippen MR) is 255 cm³/mol. The van der Waals surface area contributed by atoms with Gasteiger partial charge in [-0.1, -0.05) is 236 Å². The van der Waals surface area contributed by atoms with Crippen molar-refractivity contribution in [3.05, 3.63) is 60.8 Å². The molecule has 0 bridgehead atoms. The van der Waals surface area contributed by atoms with Gasteiger partial charge in [0.2, 0.25) is 5.91 Å². The molecule has 0 spiro atoms. The van der Waals surface area contributed by atoms with Gasteiger partial charge in [0.05, 0.1) is 25.2 Å². The molecule has 342 valence electrons. The summed E-state index contributed by atoms with van der Waals surface area (Å²) in [4.78, 5) is 26.0. The molecule has 59 heavy (non-hydrogen) atoms. The smallest absolute Gasteiger partial charge is 0.306 e. The lowest BCUT2D eigenvalue weighted by atomic mass is 10.0. The van der Waals surface area contributed by atoms with Crippen molar-refractivity contribution in [2.75, 3.05) is 6.61 Å². The lowest BCUT2D eigenvalue weighted by molar-refractivity contribution is -0.150. The van der Waals surface area contributed by atoms with Gasteiger partial charge in [-0.05, 0) is 44.9 Å². The van der Waals surface area contributed by atoms with Gasteiger partial charge in [-0.25, -0.2) is 0 Å². The van der Waals surface area contributed by atoms with E-state index >= 15 is 0 Å². The van der Waals surface area contributed by atoms with Crippen molar-refractivity contribution in [3.63, 3.8) is 0 Å². The molecule has 0 heterocycles. The van der Waals surface area contributed by atoms with Crippen LogP contribution in [0.5, 0.6) is 0 Å². The zero-order valence-corrected chi connectivity index (χ0v) is 38.9. The van der Waals surface area contributed by atoms with Crippen LogP contribution in [0.15, 0.2) is 60.8 Å². The van der Waals surface area contributed by atoms with E-state index < -0.39 is 18.2 Å². The van der Waals surface area contributed by atoms with Gasteiger partial charge in [-0.15, -0.1) is 0 Å². The Kier molecular flexibility index (Phi) is 44.7. The number of amides is 1. The summed E-state index contributed by atoms with van der Waals surface area (Å²) in [7, 11) is 0. The van der Waals surface area contributed by atoms with E-state index in [9.17, 15) is 19.8 Å². The molecule has 0 radical (unpaired) electrons. The number of allylic oxidation sites excluding steroid dienone is 9. The number of carbonyl (C=O) groups excluding carboxylic acids is 2. The van der Waals surface area contributed by atoms with Crippen LogP contribution in [0.3, 0.4) is 0 Å². The minimum Gasteiger partial charge on any atom is -0.461 e. The van der Waals surface area contributed by atoms with E-state index in [1.807, 2.05) is 12.2 Å². The minimum atomic E-state index is -0.811. The highest BCUT2D eigenvalue weighted by Gasteiger charge is 2.23. The second-order valence-corrected chi connectivity index (χ2v) is 16.9. The number of rotatable bonds is 44. The van der Waals surface area contributed by atoms with Crippen LogP contribution in [-0.4, -0.2) is 46.9 Å². The largest absolute Gasteiger partial charge is 0.461 e. The van der Waals surface area contributed by atoms with Gasteiger partial charge >= 0.3 is 5.97 Å². The molecule has 0 aromatic heterocycles. The first-order chi connectivity index (χ1) is 29.0. The standard InChI is InChI=1S/C53H95NO5/c1-4-7-10-13-16-19-22-24-26-28-30-32-35-38-41-44-49(59-53(58)46-43-40-37-34-21-18-15-12-9-6-3)47-52(57)54-50(48-55)51(56)45-42-39-36-33-31-29-27-25-23-20-17-14-11-8-5-2/h7,10,16,19,24,26,30,32,38,41,49-51,55-56H,4-6,8-9,11-15,17-18,20-23,25,27-29,31,33-37,39-40,42-48H2,1-3H3,(H,54,57)/b10-7-,19-16-,26-24-,32-30-,41-38-. The number of carbonyl (C=O) groups is 2. The van der Waals surface area contributed by atoms with E-state index in [2.05, 4.69) is 74.7 Å². The molecule has 3 unspecified atom stereocenters. The van der Waals surface area contributed by atoms with Crippen LogP contribution >= 0.6 is 0 Å². The summed E-state index contributed by atoms with van der Waals surface area (Å²) < 4.78 is 5.85. The third-order valence-electron chi connectivity index (χ3n) is 11.1. The van der Waals surface area contributed by atoms with Crippen LogP contribution < -0.4 is 5.32 Å². The third-order valence-corrected chi connectivity index (χ3v) is 11.1. The predicted octanol–water partition coefficient (Wildman–Crippen LogP) is 14.8. The second kappa shape index (κ2) is 46.6. The highest BCUT2D eigenvalue weighted by molar-refractivity contribution is 5.77. The number of hydrogen-bond donors (Lipinski definition) is 3. The third kappa shape index (κ3) is 42.1. The first-order valence-electron chi connectivity index (χ1n) is 25.0. The van der Waals surface area contributed by atoms with E-state index in [1.54, 1.807) is 0 Å². The van der Waals surface area contributed by atoms with E-state index in [0.29, 0.717) is 19.3 Å². The number of ether oxygens (including phenoxy) is 1. The summed E-state index contributed by atoms with van der Waals surface area (Å²) in [6, 6.07) is -0.731. The maximum atomic E-state index is 13.2. The molecule has 0 fully saturated rings. The van der Waals surface area contributed by atoms with Crippen LogP contribution in [-0.2, 0) is 14.3 Å². The van der Waals surface area contributed by atoms with Crippen molar-refractivity contribution in [2.24, 2.45) is 0 Å². The van der Waals surface area contributed by atoms with Crippen LogP contribution in [0.25, 0.3) is 0 Å². The summed E-state index contributed by atoms with van der Waals surface area (Å²) in [5, 5.41) is 23.7. The summed E-state index contributed by atoms with van der Waals surface area (Å²) in [6.45, 7) is 6.33. The fraction of sp³-hybridized carbons (Fsp3) is 0.774. The zero-order chi connectivity index (χ0) is 43.1. The molecular weight excluding hydrogens is 731 g/mol. The SMILES string of the molecule is CC/C=C\C/C=C\C/C=C\C/C=C\C/C=C\CC(CC(=O)NC(CO)C(O)CCCCCCCCCCCCCCCCC)OC(=O)CCCCCCCCCCCC. The van der Waals surface area contributed by atoms with E-state index in [1.165, 1.54) is 122 Å². The molecule has 0 aliphatic carbocycles. The lowest BCUT2D eigenvalue weighted by Gasteiger charge is -2.24. The Morgan fingerprint density at radius 2 is 0.881 bits per heavy atom.